The molecule has 152 valence electrons. The molecule has 0 aromatic heterocycles. The van der Waals surface area contributed by atoms with Gasteiger partial charge in [-0.25, -0.2) is 0 Å². The summed E-state index contributed by atoms with van der Waals surface area (Å²) >= 11 is 0. The van der Waals surface area contributed by atoms with E-state index in [2.05, 4.69) is 5.32 Å². The summed E-state index contributed by atoms with van der Waals surface area (Å²) < 4.78 is 15.7. The van der Waals surface area contributed by atoms with Gasteiger partial charge in [-0.15, -0.1) is 0 Å². The van der Waals surface area contributed by atoms with E-state index < -0.39 is 80.5 Å². The first-order valence-electron chi connectivity index (χ1n) is 8.06. The number of rotatable bonds is 5. The summed E-state index contributed by atoms with van der Waals surface area (Å²) in [6, 6.07) is -1.29. The van der Waals surface area contributed by atoms with Gasteiger partial charge in [0.1, 0.15) is 48.8 Å². The van der Waals surface area contributed by atoms with E-state index in [0.717, 1.165) is 6.92 Å². The fraction of sp³-hybridized carbons (Fsp3) is 0.929. The molecule has 2 rings (SSSR count). The minimum atomic E-state index is -1.73. The highest BCUT2D eigenvalue weighted by molar-refractivity contribution is 5.73. The Labute approximate surface area is 148 Å². The maximum absolute atomic E-state index is 11.2. The number of hydrogen-bond acceptors (Lipinski definition) is 11. The molecule has 0 aromatic carbocycles. The van der Waals surface area contributed by atoms with Crippen molar-refractivity contribution in [3.05, 3.63) is 0 Å². The summed E-state index contributed by atoms with van der Waals surface area (Å²) in [5.74, 6) is -0.564. The van der Waals surface area contributed by atoms with Gasteiger partial charge in [-0.2, -0.15) is 0 Å². The fourth-order valence-electron chi connectivity index (χ4n) is 2.98. The number of nitrogens with one attached hydrogen (secondary N) is 1. The van der Waals surface area contributed by atoms with Crippen LogP contribution in [0.5, 0.6) is 0 Å². The van der Waals surface area contributed by atoms with E-state index in [4.69, 9.17) is 14.2 Å². The quantitative estimate of drug-likeness (QED) is 0.226. The number of carbonyl (C=O) groups is 1. The maximum atomic E-state index is 11.2. The lowest BCUT2D eigenvalue weighted by Gasteiger charge is -2.46. The lowest BCUT2D eigenvalue weighted by Crippen LogP contribution is -2.67. The van der Waals surface area contributed by atoms with Crippen molar-refractivity contribution in [1.29, 1.82) is 0 Å². The fourth-order valence-corrected chi connectivity index (χ4v) is 2.98. The minimum Gasteiger partial charge on any atom is -0.394 e. The Morgan fingerprint density at radius 1 is 0.923 bits per heavy atom. The van der Waals surface area contributed by atoms with Crippen LogP contribution < -0.4 is 5.32 Å². The van der Waals surface area contributed by atoms with Gasteiger partial charge in [0.05, 0.1) is 13.2 Å². The van der Waals surface area contributed by atoms with Crippen molar-refractivity contribution in [2.45, 2.75) is 68.3 Å². The summed E-state index contributed by atoms with van der Waals surface area (Å²) in [5, 5.41) is 70.7. The molecule has 0 radical (unpaired) electrons. The molecule has 10 atom stereocenters. The highest BCUT2D eigenvalue weighted by atomic mass is 16.7. The van der Waals surface area contributed by atoms with Gasteiger partial charge in [0, 0.05) is 6.92 Å². The van der Waals surface area contributed by atoms with E-state index in [9.17, 15) is 40.5 Å². The Hall–Kier alpha value is -0.930. The third kappa shape index (κ3) is 4.31. The average Bonchev–Trinajstić information content (AvgIpc) is 2.60. The SMILES string of the molecule is CC(=O)N[C@H]1[C@H](O)[C@H](O[C@H]2O[C@@H](CO)[C@@H](O)[C@@H](O)[C@H]2O)[C@H](CO)O[C@@H]1O. The zero-order valence-corrected chi connectivity index (χ0v) is 14.0. The van der Waals surface area contributed by atoms with E-state index in [1.807, 2.05) is 0 Å². The summed E-state index contributed by atoms with van der Waals surface area (Å²) in [6.07, 6.45) is -13.6. The molecule has 2 aliphatic rings. The van der Waals surface area contributed by atoms with Crippen molar-refractivity contribution in [1.82, 2.24) is 5.32 Å². The number of ether oxygens (including phenoxy) is 3. The molecule has 2 aliphatic heterocycles. The van der Waals surface area contributed by atoms with Crippen molar-refractivity contribution < 1.29 is 54.8 Å². The second-order valence-corrected chi connectivity index (χ2v) is 6.26. The number of carbonyl (C=O) groups excluding carboxylic acids is 1. The molecule has 12 nitrogen and oxygen atoms in total. The lowest BCUT2D eigenvalue weighted by atomic mass is 9.95. The summed E-state index contributed by atoms with van der Waals surface area (Å²) in [7, 11) is 0. The Kier molecular flexibility index (Phi) is 7.27. The van der Waals surface area contributed by atoms with Crippen molar-refractivity contribution >= 4 is 5.91 Å². The Balaban J connectivity index is 2.16. The van der Waals surface area contributed by atoms with Crippen LogP contribution >= 0.6 is 0 Å². The van der Waals surface area contributed by atoms with Gasteiger partial charge in [0.2, 0.25) is 5.91 Å². The lowest BCUT2D eigenvalue weighted by molar-refractivity contribution is -0.345. The van der Waals surface area contributed by atoms with Gasteiger partial charge in [-0.3, -0.25) is 4.79 Å². The molecule has 0 aliphatic carbocycles. The van der Waals surface area contributed by atoms with E-state index in [1.165, 1.54) is 0 Å². The number of hydrogen-bond donors (Lipinski definition) is 8. The van der Waals surface area contributed by atoms with Crippen LogP contribution in [0, 0.1) is 0 Å². The van der Waals surface area contributed by atoms with Crippen LogP contribution in [0.1, 0.15) is 6.92 Å². The first-order chi connectivity index (χ1) is 12.2. The molecule has 0 spiro atoms. The van der Waals surface area contributed by atoms with E-state index in [1.54, 1.807) is 0 Å². The predicted octanol–water partition coefficient (Wildman–Crippen LogP) is -5.25. The maximum Gasteiger partial charge on any atom is 0.217 e. The van der Waals surface area contributed by atoms with Crippen molar-refractivity contribution in [3.63, 3.8) is 0 Å². The zero-order valence-electron chi connectivity index (χ0n) is 14.0. The molecule has 8 N–H and O–H groups in total. The van der Waals surface area contributed by atoms with Crippen LogP contribution in [0.25, 0.3) is 0 Å². The van der Waals surface area contributed by atoms with Gasteiger partial charge in [0.15, 0.2) is 12.6 Å². The molecule has 0 saturated carbocycles. The van der Waals surface area contributed by atoms with Gasteiger partial charge < -0.3 is 55.3 Å². The largest absolute Gasteiger partial charge is 0.394 e. The van der Waals surface area contributed by atoms with Crippen LogP contribution in [0.4, 0.5) is 0 Å². The molecule has 0 aromatic rings. The first-order valence-corrected chi connectivity index (χ1v) is 8.06. The van der Waals surface area contributed by atoms with Crippen LogP contribution in [0.15, 0.2) is 0 Å². The molecule has 2 fully saturated rings. The standard InChI is InChI=1S/C14H25NO11/c1-4(18)15-7-9(20)12(6(3-17)24-13(7)23)26-14-11(22)10(21)8(19)5(2-16)25-14/h5-14,16-17,19-23H,2-3H2,1H3,(H,15,18)/t5-,6-,7-,8+,9-,10+,11+,12+,13-,14+/m0/s1. The van der Waals surface area contributed by atoms with Gasteiger partial charge in [-0.1, -0.05) is 0 Å². The summed E-state index contributed by atoms with van der Waals surface area (Å²) in [4.78, 5) is 11.2. The van der Waals surface area contributed by atoms with Gasteiger partial charge in [0.25, 0.3) is 0 Å². The molecule has 0 unspecified atom stereocenters. The third-order valence-corrected chi connectivity index (χ3v) is 4.38. The molecule has 2 saturated heterocycles. The highest BCUT2D eigenvalue weighted by Gasteiger charge is 2.50. The van der Waals surface area contributed by atoms with E-state index in [-0.39, 0.29) is 0 Å². The number of amides is 1. The second kappa shape index (κ2) is 8.84. The summed E-state index contributed by atoms with van der Waals surface area (Å²) in [5.41, 5.74) is 0. The van der Waals surface area contributed by atoms with Crippen molar-refractivity contribution in [2.75, 3.05) is 13.2 Å². The Bertz CT molecular complexity index is 478. The Morgan fingerprint density at radius 3 is 2.08 bits per heavy atom. The zero-order chi connectivity index (χ0) is 19.6. The van der Waals surface area contributed by atoms with Crippen molar-refractivity contribution in [3.8, 4) is 0 Å². The minimum absolute atomic E-state index is 0.564. The smallest absolute Gasteiger partial charge is 0.217 e. The van der Waals surface area contributed by atoms with Gasteiger partial charge >= 0.3 is 0 Å². The molecule has 26 heavy (non-hydrogen) atoms. The number of aliphatic hydroxyl groups excluding tert-OH is 7. The molecular formula is C14H25NO11. The summed E-state index contributed by atoms with van der Waals surface area (Å²) in [6.45, 7) is -0.195. The van der Waals surface area contributed by atoms with Crippen LogP contribution in [0.3, 0.4) is 0 Å². The van der Waals surface area contributed by atoms with Crippen LogP contribution in [-0.4, -0.2) is 116 Å². The second-order valence-electron chi connectivity index (χ2n) is 6.26. The molecule has 2 heterocycles. The third-order valence-electron chi connectivity index (χ3n) is 4.38. The van der Waals surface area contributed by atoms with E-state index >= 15 is 0 Å². The normalized spacial score (nSPS) is 46.8. The predicted molar refractivity (Wildman–Crippen MR) is 80.2 cm³/mol. The molecule has 0 bridgehead atoms. The van der Waals surface area contributed by atoms with Crippen LogP contribution in [-0.2, 0) is 19.0 Å². The topological polar surface area (TPSA) is 198 Å². The monoisotopic (exact) mass is 383 g/mol. The van der Waals surface area contributed by atoms with Crippen molar-refractivity contribution in [2.24, 2.45) is 0 Å². The molecular weight excluding hydrogens is 358 g/mol. The molecule has 12 heteroatoms. The Morgan fingerprint density at radius 2 is 1.54 bits per heavy atom. The van der Waals surface area contributed by atoms with Gasteiger partial charge in [-0.05, 0) is 0 Å². The van der Waals surface area contributed by atoms with E-state index in [0.29, 0.717) is 0 Å². The number of aliphatic hydroxyl groups is 7. The van der Waals surface area contributed by atoms with Crippen LogP contribution in [0.2, 0.25) is 0 Å². The molecule has 1 amide bonds. The first kappa shape index (κ1) is 21.4. The highest BCUT2D eigenvalue weighted by Crippen LogP contribution is 2.28. The average molecular weight is 383 g/mol.